The highest BCUT2D eigenvalue weighted by Gasteiger charge is 2.34. The topological polar surface area (TPSA) is 78.6 Å². The number of hydrogen-bond acceptors (Lipinski definition) is 5. The Balaban J connectivity index is 1.50. The van der Waals surface area contributed by atoms with Crippen LogP contribution in [0.25, 0.3) is 70.8 Å². The van der Waals surface area contributed by atoms with Gasteiger partial charge >= 0.3 is 6.18 Å². The van der Waals surface area contributed by atoms with Gasteiger partial charge in [0.05, 0.1) is 21.7 Å². The van der Waals surface area contributed by atoms with Crippen LogP contribution in [-0.2, 0) is 6.18 Å². The Kier molecular flexibility index (Phi) is 6.13. The number of halogens is 6. The van der Waals surface area contributed by atoms with Crippen molar-refractivity contribution >= 4 is 43.6 Å². The van der Waals surface area contributed by atoms with Gasteiger partial charge in [-0.25, -0.2) is 23.1 Å². The molecule has 1 aromatic heterocycles. The maximum absolute atomic E-state index is 14.0. The lowest BCUT2D eigenvalue weighted by molar-refractivity contribution is -0.139. The summed E-state index contributed by atoms with van der Waals surface area (Å²) in [6.07, 6.45) is -3.13. The SMILES string of the molecule is [C-]#[N+]/N=c1\c2cc(-c3ccc(F)c(C(F)(F)F)c3)ccc2c2nc3c(=NC#N)c4cc(-c5ccc(F)c(F)c5)ccc4c3nc12. The van der Waals surface area contributed by atoms with E-state index in [4.69, 9.17) is 16.5 Å². The fraction of sp³-hybridized carbons (Fsp3) is 0.0303. The highest BCUT2D eigenvalue weighted by molar-refractivity contribution is 6.15. The van der Waals surface area contributed by atoms with Crippen molar-refractivity contribution in [3.63, 3.8) is 0 Å². The molecule has 7 rings (SSSR count). The quantitative estimate of drug-likeness (QED) is 0.0871. The molecule has 0 saturated heterocycles. The van der Waals surface area contributed by atoms with Gasteiger partial charge < -0.3 is 0 Å². The summed E-state index contributed by atoms with van der Waals surface area (Å²) in [5, 5.41) is 15.7. The zero-order valence-electron chi connectivity index (χ0n) is 22.4. The first kappa shape index (κ1) is 27.7. The van der Waals surface area contributed by atoms with E-state index >= 15 is 0 Å². The molecule has 12 heteroatoms. The zero-order valence-corrected chi connectivity index (χ0v) is 22.4. The number of nitriles is 1. The molecule has 6 nitrogen and oxygen atoms in total. The Morgan fingerprint density at radius 2 is 1.13 bits per heavy atom. The molecule has 0 aliphatic heterocycles. The average Bonchev–Trinajstić information content (AvgIpc) is 3.48. The molecule has 0 fully saturated rings. The Labute approximate surface area is 248 Å². The lowest BCUT2D eigenvalue weighted by Gasteiger charge is -2.10. The molecule has 0 bridgehead atoms. The molecule has 0 aliphatic rings. The first-order valence-corrected chi connectivity index (χ1v) is 13.0. The van der Waals surface area contributed by atoms with Crippen molar-refractivity contribution in [2.45, 2.75) is 6.18 Å². The fourth-order valence-electron chi connectivity index (χ4n) is 5.56. The summed E-state index contributed by atoms with van der Waals surface area (Å²) in [6, 6.07) is 15.9. The van der Waals surface area contributed by atoms with Crippen LogP contribution < -0.4 is 10.7 Å². The maximum Gasteiger partial charge on any atom is 0.419 e. The molecule has 7 aromatic rings. The van der Waals surface area contributed by atoms with E-state index in [2.05, 4.69) is 15.0 Å². The minimum absolute atomic E-state index is 0.0993. The van der Waals surface area contributed by atoms with E-state index in [0.29, 0.717) is 55.3 Å². The molecule has 45 heavy (non-hydrogen) atoms. The lowest BCUT2D eigenvalue weighted by atomic mass is 10.0. The third-order valence-corrected chi connectivity index (χ3v) is 7.57. The van der Waals surface area contributed by atoms with Gasteiger partial charge in [-0.2, -0.15) is 30.0 Å². The van der Waals surface area contributed by atoms with Crippen LogP contribution in [-0.4, -0.2) is 9.97 Å². The van der Waals surface area contributed by atoms with Crippen molar-refractivity contribution in [1.29, 1.82) is 5.26 Å². The first-order chi connectivity index (χ1) is 21.6. The van der Waals surface area contributed by atoms with E-state index in [9.17, 15) is 31.6 Å². The summed E-state index contributed by atoms with van der Waals surface area (Å²) in [6.45, 7) is 7.40. The number of fused-ring (bicyclic) bond motifs is 6. The molecule has 0 radical (unpaired) electrons. The van der Waals surface area contributed by atoms with Crippen molar-refractivity contribution in [1.82, 2.24) is 9.97 Å². The van der Waals surface area contributed by atoms with Crippen LogP contribution >= 0.6 is 0 Å². The van der Waals surface area contributed by atoms with Crippen molar-refractivity contribution in [3.8, 4) is 28.4 Å². The zero-order chi connectivity index (χ0) is 31.6. The number of aromatic nitrogens is 2. The van der Waals surface area contributed by atoms with Crippen molar-refractivity contribution in [2.24, 2.45) is 10.1 Å². The second-order valence-electron chi connectivity index (χ2n) is 10.1. The van der Waals surface area contributed by atoms with Crippen LogP contribution in [0.3, 0.4) is 0 Å². The summed E-state index contributed by atoms with van der Waals surface area (Å²) in [7, 11) is 0. The van der Waals surface area contributed by atoms with Crippen molar-refractivity contribution in [3.05, 3.63) is 118 Å². The number of rotatable bonds is 2. The van der Waals surface area contributed by atoms with Gasteiger partial charge in [0.15, 0.2) is 17.0 Å². The molecular weight excluding hydrogens is 594 g/mol. The molecule has 0 aliphatic carbocycles. The largest absolute Gasteiger partial charge is 0.419 e. The Bertz CT molecular complexity index is 2600. The predicted octanol–water partition coefficient (Wildman–Crippen LogP) is 7.85. The van der Waals surface area contributed by atoms with Crippen LogP contribution in [0.2, 0.25) is 0 Å². The fourth-order valence-corrected chi connectivity index (χ4v) is 5.56. The average molecular weight is 606 g/mol. The molecule has 0 amide bonds. The van der Waals surface area contributed by atoms with Gasteiger partial charge in [-0.05, 0) is 58.7 Å². The second kappa shape index (κ2) is 9.96. The smallest absolute Gasteiger partial charge is 0.241 e. The molecule has 0 N–H and O–H groups in total. The van der Waals surface area contributed by atoms with Gasteiger partial charge in [0.1, 0.15) is 22.2 Å². The Morgan fingerprint density at radius 1 is 0.622 bits per heavy atom. The number of hydrogen-bond donors (Lipinski definition) is 0. The standard InChI is InChI=1S/C33H12F6N6/c1-41-45-30-22-11-15(17-4-8-24(34)23(12-17)33(37,38)39)2-7-20(22)29-32(30)44-28-19-6-3-16(18-5-9-25(35)26(36)13-18)10-21(19)27(42-14-40)31(28)43-29/h2-13H/b42-27?,45-30+. The molecule has 6 aromatic carbocycles. The number of nitrogens with zero attached hydrogens (tertiary/aromatic N) is 6. The molecular formula is C33H12F6N6. The molecule has 0 spiro atoms. The predicted molar refractivity (Wildman–Crippen MR) is 154 cm³/mol. The lowest BCUT2D eigenvalue weighted by Crippen LogP contribution is -2.08. The van der Waals surface area contributed by atoms with Gasteiger partial charge in [0.25, 0.3) is 0 Å². The van der Waals surface area contributed by atoms with Gasteiger partial charge in [0.2, 0.25) is 6.19 Å². The molecule has 0 saturated carbocycles. The van der Waals surface area contributed by atoms with Crippen LogP contribution in [0.1, 0.15) is 5.56 Å². The minimum atomic E-state index is -4.90. The number of alkyl halides is 3. The molecule has 216 valence electrons. The van der Waals surface area contributed by atoms with Crippen molar-refractivity contribution in [2.75, 3.05) is 0 Å². The first-order valence-electron chi connectivity index (χ1n) is 13.0. The normalized spacial score (nSPS) is 12.9. The van der Waals surface area contributed by atoms with E-state index in [1.807, 2.05) is 0 Å². The minimum Gasteiger partial charge on any atom is -0.241 e. The van der Waals surface area contributed by atoms with Gasteiger partial charge in [-0.1, -0.05) is 36.4 Å². The van der Waals surface area contributed by atoms with Gasteiger partial charge in [-0.3, -0.25) is 0 Å². The van der Waals surface area contributed by atoms with E-state index in [-0.39, 0.29) is 27.3 Å². The summed E-state index contributed by atoms with van der Waals surface area (Å²) in [5.74, 6) is -3.41. The van der Waals surface area contributed by atoms with E-state index < -0.39 is 29.2 Å². The monoisotopic (exact) mass is 606 g/mol. The Morgan fingerprint density at radius 3 is 1.69 bits per heavy atom. The summed E-state index contributed by atoms with van der Waals surface area (Å²) < 4.78 is 81.6. The maximum atomic E-state index is 14.0. The molecule has 0 atom stereocenters. The third-order valence-electron chi connectivity index (χ3n) is 7.57. The third kappa shape index (κ3) is 4.34. The van der Waals surface area contributed by atoms with Gasteiger partial charge in [0, 0.05) is 21.5 Å². The van der Waals surface area contributed by atoms with Crippen LogP contribution in [0.15, 0.2) is 82.9 Å². The van der Waals surface area contributed by atoms with Crippen LogP contribution in [0.5, 0.6) is 0 Å². The van der Waals surface area contributed by atoms with Crippen LogP contribution in [0.4, 0.5) is 26.3 Å². The van der Waals surface area contributed by atoms with Gasteiger partial charge in [-0.15, -0.1) is 4.95 Å². The summed E-state index contributed by atoms with van der Waals surface area (Å²) >= 11 is 0. The van der Waals surface area contributed by atoms with E-state index in [1.54, 1.807) is 36.5 Å². The summed E-state index contributed by atoms with van der Waals surface area (Å²) in [4.78, 5) is 16.7. The van der Waals surface area contributed by atoms with E-state index in [1.165, 1.54) is 18.2 Å². The summed E-state index contributed by atoms with van der Waals surface area (Å²) in [5.41, 5.74) is 1.09. The Hall–Kier alpha value is -6.14. The highest BCUT2D eigenvalue weighted by atomic mass is 19.4. The molecule has 1 heterocycles. The van der Waals surface area contributed by atoms with Crippen molar-refractivity contribution < 1.29 is 26.3 Å². The van der Waals surface area contributed by atoms with E-state index in [0.717, 1.165) is 18.2 Å². The second-order valence-corrected chi connectivity index (χ2v) is 10.1. The number of benzene rings is 4. The highest BCUT2D eigenvalue weighted by Crippen LogP contribution is 2.36. The van der Waals surface area contributed by atoms with Crippen LogP contribution in [0, 0.1) is 35.5 Å². The molecule has 0 unspecified atom stereocenters.